The van der Waals surface area contributed by atoms with Gasteiger partial charge in [-0.2, -0.15) is 5.10 Å². The van der Waals surface area contributed by atoms with Crippen molar-refractivity contribution in [3.05, 3.63) is 77.5 Å². The molecule has 9 heteroatoms. The Hall–Kier alpha value is -4.14. The number of aromatic nitrogens is 5. The second kappa shape index (κ2) is 10.3. The summed E-state index contributed by atoms with van der Waals surface area (Å²) in [4.78, 5) is 27.5. The van der Waals surface area contributed by atoms with Crippen LogP contribution in [-0.4, -0.2) is 37.2 Å². The third kappa shape index (κ3) is 4.64. The number of nitrogens with one attached hydrogen (secondary N) is 2. The Balaban J connectivity index is 1.58. The second-order valence-electron chi connectivity index (χ2n) is 10.1. The molecule has 0 radical (unpaired) electrons. The monoisotopic (exact) mass is 513 g/mol. The molecule has 38 heavy (non-hydrogen) atoms. The fraction of sp³-hybridized carbons (Fsp3) is 0.345. The van der Waals surface area contributed by atoms with Crippen LogP contribution >= 0.6 is 0 Å². The smallest absolute Gasteiger partial charge is 0.270 e. The fourth-order valence-corrected chi connectivity index (χ4v) is 4.77. The number of carbonyl (C=O) groups excluding carboxylic acids is 1. The van der Waals surface area contributed by atoms with Gasteiger partial charge in [0.1, 0.15) is 23.0 Å². The zero-order chi connectivity index (χ0) is 26.9. The van der Waals surface area contributed by atoms with Crippen molar-refractivity contribution in [3.63, 3.8) is 0 Å². The van der Waals surface area contributed by atoms with Crippen LogP contribution in [0.25, 0.3) is 22.6 Å². The molecule has 0 fully saturated rings. The van der Waals surface area contributed by atoms with E-state index in [1.54, 1.807) is 35.1 Å². The van der Waals surface area contributed by atoms with Crippen LogP contribution in [0.3, 0.4) is 0 Å². The molecule has 196 valence electrons. The van der Waals surface area contributed by atoms with E-state index in [1.165, 1.54) is 6.07 Å². The number of rotatable bonds is 9. The number of unbranched alkanes of at least 4 members (excludes halogenated alkanes) is 3. The summed E-state index contributed by atoms with van der Waals surface area (Å²) >= 11 is 0. The van der Waals surface area contributed by atoms with E-state index < -0.39 is 5.41 Å². The zero-order valence-electron chi connectivity index (χ0n) is 22.0. The van der Waals surface area contributed by atoms with Crippen LogP contribution in [0.5, 0.6) is 0 Å². The Kier molecular flexibility index (Phi) is 6.93. The minimum Gasteiger partial charge on any atom is -0.351 e. The van der Waals surface area contributed by atoms with Gasteiger partial charge < -0.3 is 10.6 Å². The molecule has 1 aliphatic rings. The van der Waals surface area contributed by atoms with Gasteiger partial charge in [0.05, 0.1) is 11.9 Å². The summed E-state index contributed by atoms with van der Waals surface area (Å²) in [5.41, 5.74) is 2.77. The minimum atomic E-state index is -0.531. The first-order valence-corrected chi connectivity index (χ1v) is 13.0. The van der Waals surface area contributed by atoms with Gasteiger partial charge in [0.25, 0.3) is 5.91 Å². The molecular formula is C29H32FN7O. The van der Waals surface area contributed by atoms with Crippen molar-refractivity contribution in [1.82, 2.24) is 30.0 Å². The van der Waals surface area contributed by atoms with Crippen LogP contribution in [0.1, 0.15) is 68.1 Å². The van der Waals surface area contributed by atoms with Crippen molar-refractivity contribution in [2.45, 2.75) is 58.4 Å². The van der Waals surface area contributed by atoms with Gasteiger partial charge in [-0.15, -0.1) is 0 Å². The molecule has 0 spiro atoms. The van der Waals surface area contributed by atoms with Gasteiger partial charge in [0.2, 0.25) is 0 Å². The van der Waals surface area contributed by atoms with Gasteiger partial charge in [-0.25, -0.2) is 24.0 Å². The van der Waals surface area contributed by atoms with Crippen molar-refractivity contribution >= 4 is 22.8 Å². The van der Waals surface area contributed by atoms with Gasteiger partial charge in [-0.05, 0) is 24.6 Å². The fourth-order valence-electron chi connectivity index (χ4n) is 4.77. The summed E-state index contributed by atoms with van der Waals surface area (Å²) in [6.07, 6.45) is 5.90. The topological polar surface area (TPSA) is 97.6 Å². The Bertz CT molecular complexity index is 1520. The summed E-state index contributed by atoms with van der Waals surface area (Å²) in [5, 5.41) is 11.8. The van der Waals surface area contributed by atoms with E-state index in [0.717, 1.165) is 31.4 Å². The summed E-state index contributed by atoms with van der Waals surface area (Å²) in [6.45, 7) is 11.1. The third-order valence-corrected chi connectivity index (χ3v) is 7.09. The van der Waals surface area contributed by atoms with E-state index >= 15 is 0 Å². The second-order valence-corrected chi connectivity index (χ2v) is 10.1. The van der Waals surface area contributed by atoms with Crippen LogP contribution < -0.4 is 10.6 Å². The van der Waals surface area contributed by atoms with Gasteiger partial charge in [-0.3, -0.25) is 4.79 Å². The van der Waals surface area contributed by atoms with Crippen LogP contribution in [0.2, 0.25) is 0 Å². The Labute approximate surface area is 221 Å². The maximum absolute atomic E-state index is 14.4. The minimum absolute atomic E-state index is 0.193. The number of fused-ring (bicyclic) bond motifs is 2. The van der Waals surface area contributed by atoms with Crippen LogP contribution in [0.4, 0.5) is 10.2 Å². The molecule has 5 rings (SSSR count). The maximum atomic E-state index is 14.4. The van der Waals surface area contributed by atoms with E-state index in [-0.39, 0.29) is 18.3 Å². The number of nitrogens with zero attached hydrogens (tertiary/aromatic N) is 5. The van der Waals surface area contributed by atoms with Crippen molar-refractivity contribution < 1.29 is 9.18 Å². The summed E-state index contributed by atoms with van der Waals surface area (Å²) < 4.78 is 16.1. The average Bonchev–Trinajstić information content (AvgIpc) is 3.38. The standard InChI is InChI=1S/C29H32FN7O/c1-5-6-7-10-15-32-28(38)24-22-25(33-18(2)29(22,3)4)35-26(34-24)23-20-13-11-16-31-27(20)37(36-23)17-19-12-8-9-14-21(19)30/h8-9,11-14,16H,2,5-7,10,15,17H2,1,3-4H3,(H,32,38)(H,33,34,35). The lowest BCUT2D eigenvalue weighted by molar-refractivity contribution is 0.0946. The predicted octanol–water partition coefficient (Wildman–Crippen LogP) is 5.60. The highest BCUT2D eigenvalue weighted by atomic mass is 19.1. The quantitative estimate of drug-likeness (QED) is 0.283. The van der Waals surface area contributed by atoms with E-state index in [1.807, 2.05) is 19.9 Å². The van der Waals surface area contributed by atoms with Crippen LogP contribution in [0, 0.1) is 5.82 Å². The molecule has 0 saturated carbocycles. The van der Waals surface area contributed by atoms with Gasteiger partial charge in [0, 0.05) is 35.0 Å². The van der Waals surface area contributed by atoms with Gasteiger partial charge in [0.15, 0.2) is 11.5 Å². The third-order valence-electron chi connectivity index (χ3n) is 7.09. The molecule has 0 atom stereocenters. The lowest BCUT2D eigenvalue weighted by Gasteiger charge is -2.21. The summed E-state index contributed by atoms with van der Waals surface area (Å²) in [5.74, 6) is 0.273. The van der Waals surface area contributed by atoms with E-state index in [4.69, 9.17) is 15.1 Å². The molecule has 1 amide bonds. The Morgan fingerprint density at radius 2 is 1.95 bits per heavy atom. The highest BCUT2D eigenvalue weighted by Crippen LogP contribution is 2.44. The van der Waals surface area contributed by atoms with E-state index in [0.29, 0.717) is 51.7 Å². The number of benzene rings is 1. The number of anilines is 1. The first kappa shape index (κ1) is 25.5. The number of hydrogen-bond donors (Lipinski definition) is 2. The highest BCUT2D eigenvalue weighted by Gasteiger charge is 2.40. The van der Waals surface area contributed by atoms with Gasteiger partial charge in [-0.1, -0.05) is 64.8 Å². The molecule has 1 aromatic carbocycles. The number of halogens is 1. The first-order valence-electron chi connectivity index (χ1n) is 13.0. The number of amides is 1. The molecule has 2 N–H and O–H groups in total. The Morgan fingerprint density at radius 3 is 2.74 bits per heavy atom. The van der Waals surface area contributed by atoms with Crippen molar-refractivity contribution in [3.8, 4) is 11.5 Å². The molecule has 0 aliphatic carbocycles. The van der Waals surface area contributed by atoms with Crippen LogP contribution in [0.15, 0.2) is 54.9 Å². The molecule has 4 heterocycles. The number of pyridine rings is 1. The van der Waals surface area contributed by atoms with Crippen molar-refractivity contribution in [1.29, 1.82) is 0 Å². The van der Waals surface area contributed by atoms with E-state index in [2.05, 4.69) is 29.1 Å². The average molecular weight is 514 g/mol. The summed E-state index contributed by atoms with van der Waals surface area (Å²) in [7, 11) is 0. The number of hydrogen-bond acceptors (Lipinski definition) is 6. The normalized spacial score (nSPS) is 13.9. The molecule has 3 aromatic heterocycles. The number of carbonyl (C=O) groups is 1. The number of allylic oxidation sites excluding steroid dienone is 1. The molecule has 0 saturated heterocycles. The largest absolute Gasteiger partial charge is 0.351 e. The van der Waals surface area contributed by atoms with E-state index in [9.17, 15) is 9.18 Å². The summed E-state index contributed by atoms with van der Waals surface area (Å²) in [6, 6.07) is 10.3. The zero-order valence-corrected chi connectivity index (χ0v) is 22.0. The molecule has 8 nitrogen and oxygen atoms in total. The highest BCUT2D eigenvalue weighted by molar-refractivity contribution is 5.98. The SMILES string of the molecule is C=C1Nc2nc(-c3nn(Cc4ccccc4F)c4ncccc34)nc(C(=O)NCCCCCC)c2C1(C)C. The van der Waals surface area contributed by atoms with Crippen molar-refractivity contribution in [2.24, 2.45) is 0 Å². The first-order chi connectivity index (χ1) is 18.3. The lowest BCUT2D eigenvalue weighted by Crippen LogP contribution is -2.29. The van der Waals surface area contributed by atoms with Crippen molar-refractivity contribution in [2.75, 3.05) is 11.9 Å². The van der Waals surface area contributed by atoms with Gasteiger partial charge >= 0.3 is 0 Å². The Morgan fingerprint density at radius 1 is 1.13 bits per heavy atom. The van der Waals surface area contributed by atoms with Crippen LogP contribution in [-0.2, 0) is 12.0 Å². The molecular weight excluding hydrogens is 481 g/mol. The molecule has 4 aromatic rings. The maximum Gasteiger partial charge on any atom is 0.270 e. The lowest BCUT2D eigenvalue weighted by atomic mass is 9.84. The molecule has 0 bridgehead atoms. The predicted molar refractivity (Wildman–Crippen MR) is 146 cm³/mol. The molecule has 0 unspecified atom stereocenters. The molecule has 1 aliphatic heterocycles.